The fraction of sp³-hybridized carbons (Fsp3) is 0.318. The molecule has 2 heterocycles. The highest BCUT2D eigenvalue weighted by Crippen LogP contribution is 2.40. The molecule has 0 saturated carbocycles. The Hall–Kier alpha value is -2.36. The molecule has 1 atom stereocenters. The second kappa shape index (κ2) is 8.64. The van der Waals surface area contributed by atoms with Gasteiger partial charge in [-0.3, -0.25) is 4.79 Å². The Kier molecular flexibility index (Phi) is 6.09. The van der Waals surface area contributed by atoms with Gasteiger partial charge in [-0.2, -0.15) is 4.31 Å². The molecule has 0 fully saturated rings. The van der Waals surface area contributed by atoms with Crippen molar-refractivity contribution in [1.82, 2.24) is 8.87 Å². The van der Waals surface area contributed by atoms with E-state index in [1.807, 2.05) is 28.8 Å². The first-order valence-corrected chi connectivity index (χ1v) is 12.4. The number of halogens is 1. The molecule has 3 aromatic rings. The van der Waals surface area contributed by atoms with E-state index in [2.05, 4.69) is 0 Å². The monoisotopic (exact) mass is 462 g/mol. The van der Waals surface area contributed by atoms with E-state index >= 15 is 0 Å². The molecule has 0 N–H and O–H groups in total. The molecule has 2 aromatic carbocycles. The van der Waals surface area contributed by atoms with Crippen LogP contribution in [0.3, 0.4) is 0 Å². The molecule has 4 rings (SSSR count). The van der Waals surface area contributed by atoms with Gasteiger partial charge in [0.05, 0.1) is 16.5 Å². The highest BCUT2D eigenvalue weighted by atomic mass is 32.2. The van der Waals surface area contributed by atoms with Gasteiger partial charge in [0.25, 0.3) is 0 Å². The summed E-state index contributed by atoms with van der Waals surface area (Å²) in [7, 11) is -2.20. The van der Waals surface area contributed by atoms with Crippen molar-refractivity contribution in [2.24, 2.45) is 0 Å². The third-order valence-corrected chi connectivity index (χ3v) is 8.69. The zero-order valence-electron chi connectivity index (χ0n) is 17.2. The van der Waals surface area contributed by atoms with Gasteiger partial charge in [0, 0.05) is 29.7 Å². The largest absolute Gasteiger partial charge is 0.465 e. The molecule has 0 radical (unpaired) electrons. The van der Waals surface area contributed by atoms with Crippen molar-refractivity contribution in [3.63, 3.8) is 0 Å². The van der Waals surface area contributed by atoms with Crippen molar-refractivity contribution in [1.29, 1.82) is 0 Å². The zero-order valence-corrected chi connectivity index (χ0v) is 18.9. The minimum absolute atomic E-state index is 0.0666. The normalized spacial score (nSPS) is 16.5. The minimum atomic E-state index is -3.76. The first-order chi connectivity index (χ1) is 14.8. The molecule has 31 heavy (non-hydrogen) atoms. The van der Waals surface area contributed by atoms with Gasteiger partial charge in [0.2, 0.25) is 10.0 Å². The number of benzene rings is 2. The van der Waals surface area contributed by atoms with Crippen molar-refractivity contribution in [2.75, 3.05) is 19.4 Å². The number of likely N-dealkylation sites (N-methyl/N-ethyl adjacent to an activating group) is 1. The molecule has 0 aliphatic carbocycles. The number of hydrogen-bond acceptors (Lipinski definition) is 5. The SMILES string of the molecule is CCOC(=O)Cn1c2c(c3ccccc31)C[C@H](N(C)S(=O)(=O)c1ccc(F)cc1)CS2. The van der Waals surface area contributed by atoms with E-state index in [0.717, 1.165) is 33.6 Å². The smallest absolute Gasteiger partial charge is 0.325 e. The van der Waals surface area contributed by atoms with E-state index < -0.39 is 15.8 Å². The third-order valence-electron chi connectivity index (χ3n) is 5.47. The molecule has 0 bridgehead atoms. The van der Waals surface area contributed by atoms with Crippen LogP contribution in [0.4, 0.5) is 4.39 Å². The Morgan fingerprint density at radius 2 is 1.94 bits per heavy atom. The molecule has 164 valence electrons. The van der Waals surface area contributed by atoms with E-state index in [1.165, 1.54) is 16.4 Å². The standard InChI is InChI=1S/C22H23FN2O4S2/c1-3-29-21(26)13-25-20-7-5-4-6-18(20)19-12-16(14-30-22(19)25)24(2)31(27,28)17-10-8-15(23)9-11-17/h4-11,16H,3,12-14H2,1-2H3/t16-/m0/s1. The lowest BCUT2D eigenvalue weighted by molar-refractivity contribution is -0.143. The fourth-order valence-corrected chi connectivity index (χ4v) is 6.71. The molecule has 9 heteroatoms. The van der Waals surface area contributed by atoms with Crippen LogP contribution in [0.2, 0.25) is 0 Å². The maximum atomic E-state index is 13.2. The van der Waals surface area contributed by atoms with Crippen LogP contribution >= 0.6 is 11.8 Å². The van der Waals surface area contributed by atoms with Crippen molar-refractivity contribution >= 4 is 38.7 Å². The Morgan fingerprint density at radius 1 is 1.23 bits per heavy atom. The maximum Gasteiger partial charge on any atom is 0.325 e. The summed E-state index contributed by atoms with van der Waals surface area (Å²) in [5, 5.41) is 1.98. The number of ether oxygens (including phenoxy) is 1. The van der Waals surface area contributed by atoms with E-state index in [9.17, 15) is 17.6 Å². The highest BCUT2D eigenvalue weighted by molar-refractivity contribution is 7.99. The van der Waals surface area contributed by atoms with Crippen LogP contribution in [0.15, 0.2) is 58.5 Å². The third kappa shape index (κ3) is 4.09. The number of para-hydroxylation sites is 1. The molecular formula is C22H23FN2O4S2. The molecule has 0 saturated heterocycles. The first-order valence-electron chi connectivity index (χ1n) is 9.95. The van der Waals surface area contributed by atoms with E-state index in [4.69, 9.17) is 4.74 Å². The lowest BCUT2D eigenvalue weighted by Crippen LogP contribution is -2.41. The van der Waals surface area contributed by atoms with Gasteiger partial charge in [-0.15, -0.1) is 11.8 Å². The number of fused-ring (bicyclic) bond motifs is 3. The van der Waals surface area contributed by atoms with Gasteiger partial charge in [-0.1, -0.05) is 18.2 Å². The summed E-state index contributed by atoms with van der Waals surface area (Å²) in [5.74, 6) is -0.234. The topological polar surface area (TPSA) is 68.6 Å². The summed E-state index contributed by atoms with van der Waals surface area (Å²) >= 11 is 1.54. The number of thioether (sulfide) groups is 1. The number of sulfonamides is 1. The summed E-state index contributed by atoms with van der Waals surface area (Å²) in [6.07, 6.45) is 0.523. The molecule has 1 aromatic heterocycles. The van der Waals surface area contributed by atoms with Crippen LogP contribution in [0.5, 0.6) is 0 Å². The van der Waals surface area contributed by atoms with Gasteiger partial charge in [-0.05, 0) is 49.2 Å². The molecule has 1 aliphatic heterocycles. The van der Waals surface area contributed by atoms with Crippen LogP contribution in [0.25, 0.3) is 10.9 Å². The zero-order chi connectivity index (χ0) is 22.2. The second-order valence-electron chi connectivity index (χ2n) is 7.34. The Labute approximate surface area is 185 Å². The number of hydrogen-bond donors (Lipinski definition) is 0. The van der Waals surface area contributed by atoms with Gasteiger partial charge < -0.3 is 9.30 Å². The van der Waals surface area contributed by atoms with Crippen molar-refractivity contribution in [3.8, 4) is 0 Å². The second-order valence-corrected chi connectivity index (χ2v) is 10.3. The van der Waals surface area contributed by atoms with E-state index in [1.54, 1.807) is 25.7 Å². The quantitative estimate of drug-likeness (QED) is 0.523. The van der Waals surface area contributed by atoms with E-state index in [0.29, 0.717) is 18.8 Å². The molecule has 0 unspecified atom stereocenters. The molecule has 6 nitrogen and oxygen atoms in total. The number of nitrogens with zero attached hydrogens (tertiary/aromatic N) is 2. The lowest BCUT2D eigenvalue weighted by atomic mass is 10.1. The number of esters is 1. The number of carbonyl (C=O) groups is 1. The molecule has 0 amide bonds. The summed E-state index contributed by atoms with van der Waals surface area (Å²) in [5.41, 5.74) is 1.96. The average molecular weight is 463 g/mol. The predicted octanol–water partition coefficient (Wildman–Crippen LogP) is 3.68. The molecule has 0 spiro atoms. The molecule has 1 aliphatic rings. The van der Waals surface area contributed by atoms with Crippen molar-refractivity contribution < 1.29 is 22.3 Å². The summed E-state index contributed by atoms with van der Waals surface area (Å²) in [4.78, 5) is 12.2. The Morgan fingerprint density at radius 3 is 2.65 bits per heavy atom. The number of aromatic nitrogens is 1. The van der Waals surface area contributed by atoms with Crippen molar-refractivity contribution in [2.45, 2.75) is 35.9 Å². The average Bonchev–Trinajstić information content (AvgIpc) is 3.07. The lowest BCUT2D eigenvalue weighted by Gasteiger charge is -2.31. The van der Waals surface area contributed by atoms with Crippen LogP contribution in [0, 0.1) is 5.82 Å². The van der Waals surface area contributed by atoms with Crippen molar-refractivity contribution in [3.05, 3.63) is 59.9 Å². The minimum Gasteiger partial charge on any atom is -0.465 e. The highest BCUT2D eigenvalue weighted by Gasteiger charge is 2.34. The first kappa shape index (κ1) is 21.9. The van der Waals surface area contributed by atoms with Gasteiger partial charge >= 0.3 is 5.97 Å². The summed E-state index contributed by atoms with van der Waals surface area (Å²) in [6.45, 7) is 2.21. The van der Waals surface area contributed by atoms with Crippen LogP contribution in [-0.2, 0) is 32.5 Å². The summed E-state index contributed by atoms with van der Waals surface area (Å²) < 4.78 is 47.8. The predicted molar refractivity (Wildman–Crippen MR) is 118 cm³/mol. The fourth-order valence-electron chi connectivity index (χ4n) is 3.88. The van der Waals surface area contributed by atoms with Gasteiger partial charge in [0.15, 0.2) is 0 Å². The number of rotatable bonds is 6. The van der Waals surface area contributed by atoms with Gasteiger partial charge in [-0.25, -0.2) is 12.8 Å². The maximum absolute atomic E-state index is 13.2. The van der Waals surface area contributed by atoms with Crippen LogP contribution in [0.1, 0.15) is 12.5 Å². The van der Waals surface area contributed by atoms with Gasteiger partial charge in [0.1, 0.15) is 12.4 Å². The summed E-state index contributed by atoms with van der Waals surface area (Å²) in [6, 6.07) is 12.4. The van der Waals surface area contributed by atoms with E-state index in [-0.39, 0.29) is 23.5 Å². The van der Waals surface area contributed by atoms with Crippen LogP contribution in [-0.4, -0.2) is 48.7 Å². The Balaban J connectivity index is 1.67. The Bertz CT molecular complexity index is 1220. The van der Waals surface area contributed by atoms with Crippen LogP contribution < -0.4 is 0 Å². The number of carbonyl (C=O) groups excluding carboxylic acids is 1. The molecular weight excluding hydrogens is 439 g/mol.